The summed E-state index contributed by atoms with van der Waals surface area (Å²) in [6, 6.07) is 6.18. The first-order valence-electron chi connectivity index (χ1n) is 10.1. The number of ether oxygens (including phenoxy) is 1. The first-order chi connectivity index (χ1) is 13.5. The van der Waals surface area contributed by atoms with Crippen molar-refractivity contribution in [1.82, 2.24) is 9.97 Å². The van der Waals surface area contributed by atoms with Crippen LogP contribution in [0.5, 0.6) is 0 Å². The Kier molecular flexibility index (Phi) is 6.62. The van der Waals surface area contributed by atoms with Crippen LogP contribution in [0.4, 0.5) is 11.5 Å². The maximum atomic E-state index is 12.8. The molecule has 150 valence electrons. The summed E-state index contributed by atoms with van der Waals surface area (Å²) >= 11 is 0. The first-order valence-corrected chi connectivity index (χ1v) is 10.1. The Morgan fingerprint density at radius 1 is 1.14 bits per heavy atom. The minimum absolute atomic E-state index is 0.228. The molecule has 1 aliphatic heterocycles. The Balaban J connectivity index is 1.71. The number of hydrogen-bond acceptors (Lipinski definition) is 5. The van der Waals surface area contributed by atoms with Gasteiger partial charge in [0.2, 0.25) is 0 Å². The molecule has 0 saturated carbocycles. The lowest BCUT2D eigenvalue weighted by atomic mass is 9.92. The van der Waals surface area contributed by atoms with Crippen LogP contribution in [0.25, 0.3) is 0 Å². The lowest BCUT2D eigenvalue weighted by molar-refractivity contribution is 0.102. The van der Waals surface area contributed by atoms with E-state index < -0.39 is 0 Å². The van der Waals surface area contributed by atoms with E-state index >= 15 is 0 Å². The number of carbonyl (C=O) groups excluding carboxylic acids is 1. The van der Waals surface area contributed by atoms with E-state index in [2.05, 4.69) is 66.5 Å². The molecule has 1 saturated heterocycles. The van der Waals surface area contributed by atoms with Crippen LogP contribution in [0.15, 0.2) is 30.6 Å². The molecule has 2 aromatic rings. The second-order valence-electron chi connectivity index (χ2n) is 7.88. The molecule has 3 rings (SSSR count). The number of aromatic nitrogens is 2. The number of para-hydroxylation sites is 1. The van der Waals surface area contributed by atoms with Crippen LogP contribution in [-0.4, -0.2) is 35.1 Å². The zero-order valence-corrected chi connectivity index (χ0v) is 17.2. The van der Waals surface area contributed by atoms with Crippen molar-refractivity contribution in [3.05, 3.63) is 47.4 Å². The first kappa shape index (κ1) is 20.3. The molecule has 1 fully saturated rings. The predicted octanol–water partition coefficient (Wildman–Crippen LogP) is 4.57. The standard InChI is InChI=1S/C22H30N4O2/c1-14(2)17-8-5-9-18(15(3)4)21(17)26-22(27)19-12-25-20(13-23-19)24-11-16-7-6-10-28-16/h5,8-9,12-16H,6-7,10-11H2,1-4H3,(H,24,25)(H,26,27). The van der Waals surface area contributed by atoms with Crippen LogP contribution >= 0.6 is 0 Å². The average molecular weight is 383 g/mol. The molecule has 0 bridgehead atoms. The summed E-state index contributed by atoms with van der Waals surface area (Å²) in [7, 11) is 0. The quantitative estimate of drug-likeness (QED) is 0.734. The predicted molar refractivity (Wildman–Crippen MR) is 112 cm³/mol. The smallest absolute Gasteiger partial charge is 0.275 e. The second kappa shape index (κ2) is 9.15. The summed E-state index contributed by atoms with van der Waals surface area (Å²) in [4.78, 5) is 21.4. The summed E-state index contributed by atoms with van der Waals surface area (Å²) in [6.07, 6.45) is 5.51. The number of nitrogens with zero attached hydrogens (tertiary/aromatic N) is 2. The van der Waals surface area contributed by atoms with Crippen molar-refractivity contribution >= 4 is 17.4 Å². The molecule has 0 aliphatic carbocycles. The molecule has 28 heavy (non-hydrogen) atoms. The Morgan fingerprint density at radius 2 is 1.86 bits per heavy atom. The highest BCUT2D eigenvalue weighted by molar-refractivity contribution is 6.03. The fourth-order valence-corrected chi connectivity index (χ4v) is 3.43. The van der Waals surface area contributed by atoms with E-state index in [1.54, 1.807) is 6.20 Å². The fourth-order valence-electron chi connectivity index (χ4n) is 3.43. The zero-order valence-electron chi connectivity index (χ0n) is 17.2. The van der Waals surface area contributed by atoms with E-state index in [0.29, 0.717) is 29.9 Å². The van der Waals surface area contributed by atoms with Crippen LogP contribution in [0.1, 0.15) is 74.0 Å². The van der Waals surface area contributed by atoms with E-state index in [1.165, 1.54) is 6.20 Å². The van der Waals surface area contributed by atoms with Gasteiger partial charge >= 0.3 is 0 Å². The molecular formula is C22H30N4O2. The van der Waals surface area contributed by atoms with Crippen molar-refractivity contribution < 1.29 is 9.53 Å². The molecule has 0 spiro atoms. The van der Waals surface area contributed by atoms with Gasteiger partial charge in [0.15, 0.2) is 0 Å². The highest BCUT2D eigenvalue weighted by atomic mass is 16.5. The van der Waals surface area contributed by atoms with Crippen LogP contribution in [0.3, 0.4) is 0 Å². The lowest BCUT2D eigenvalue weighted by Crippen LogP contribution is -2.20. The number of anilines is 2. The number of rotatable bonds is 7. The molecular weight excluding hydrogens is 352 g/mol. The highest BCUT2D eigenvalue weighted by Crippen LogP contribution is 2.32. The van der Waals surface area contributed by atoms with Crippen molar-refractivity contribution in [2.75, 3.05) is 23.8 Å². The Bertz CT molecular complexity index is 770. The maximum absolute atomic E-state index is 12.8. The lowest BCUT2D eigenvalue weighted by Gasteiger charge is -2.20. The third-order valence-corrected chi connectivity index (χ3v) is 5.03. The van der Waals surface area contributed by atoms with Gasteiger partial charge in [0.25, 0.3) is 5.91 Å². The molecule has 1 atom stereocenters. The van der Waals surface area contributed by atoms with E-state index in [0.717, 1.165) is 36.3 Å². The second-order valence-corrected chi connectivity index (χ2v) is 7.88. The normalized spacial score (nSPS) is 16.6. The Hall–Kier alpha value is -2.47. The molecule has 1 aliphatic rings. The number of benzene rings is 1. The monoisotopic (exact) mass is 382 g/mol. The Labute approximate surface area is 167 Å². The van der Waals surface area contributed by atoms with Crippen LogP contribution in [0, 0.1) is 0 Å². The molecule has 2 N–H and O–H groups in total. The number of hydrogen-bond donors (Lipinski definition) is 2. The molecule has 1 aromatic heterocycles. The molecule has 2 heterocycles. The zero-order chi connectivity index (χ0) is 20.1. The van der Waals surface area contributed by atoms with Gasteiger partial charge in [-0.15, -0.1) is 0 Å². The van der Waals surface area contributed by atoms with Gasteiger partial charge in [0.05, 0.1) is 18.5 Å². The van der Waals surface area contributed by atoms with E-state index in [9.17, 15) is 4.79 Å². The summed E-state index contributed by atoms with van der Waals surface area (Å²) in [5.41, 5.74) is 3.44. The SMILES string of the molecule is CC(C)c1cccc(C(C)C)c1NC(=O)c1cnc(NCC2CCCO2)cn1. The van der Waals surface area contributed by atoms with Crippen LogP contribution < -0.4 is 10.6 Å². The summed E-state index contributed by atoms with van der Waals surface area (Å²) in [6.45, 7) is 10.0. The number of nitrogens with one attached hydrogen (secondary N) is 2. The van der Waals surface area contributed by atoms with Crippen molar-refractivity contribution in [3.63, 3.8) is 0 Å². The summed E-state index contributed by atoms with van der Waals surface area (Å²) in [5.74, 6) is 1.03. The van der Waals surface area contributed by atoms with Crippen molar-refractivity contribution in [2.24, 2.45) is 0 Å². The average Bonchev–Trinajstić information content (AvgIpc) is 3.20. The summed E-state index contributed by atoms with van der Waals surface area (Å²) < 4.78 is 5.59. The van der Waals surface area contributed by atoms with Gasteiger partial charge in [-0.2, -0.15) is 0 Å². The van der Waals surface area contributed by atoms with E-state index in [-0.39, 0.29) is 12.0 Å². The Morgan fingerprint density at radius 3 is 2.39 bits per heavy atom. The number of amides is 1. The molecule has 1 unspecified atom stereocenters. The van der Waals surface area contributed by atoms with Gasteiger partial charge in [0.1, 0.15) is 11.5 Å². The summed E-state index contributed by atoms with van der Waals surface area (Å²) in [5, 5.41) is 6.29. The van der Waals surface area contributed by atoms with Crippen molar-refractivity contribution in [2.45, 2.75) is 58.5 Å². The van der Waals surface area contributed by atoms with E-state index in [1.807, 2.05) is 0 Å². The van der Waals surface area contributed by atoms with Gasteiger partial charge in [0, 0.05) is 18.8 Å². The largest absolute Gasteiger partial charge is 0.376 e. The van der Waals surface area contributed by atoms with E-state index in [4.69, 9.17) is 4.74 Å². The van der Waals surface area contributed by atoms with Gasteiger partial charge in [-0.3, -0.25) is 4.79 Å². The highest BCUT2D eigenvalue weighted by Gasteiger charge is 2.18. The fraction of sp³-hybridized carbons (Fsp3) is 0.500. The maximum Gasteiger partial charge on any atom is 0.275 e. The third kappa shape index (κ3) is 4.87. The van der Waals surface area contributed by atoms with Crippen molar-refractivity contribution in [3.8, 4) is 0 Å². The minimum Gasteiger partial charge on any atom is -0.376 e. The molecule has 6 heteroatoms. The van der Waals surface area contributed by atoms with Gasteiger partial charge in [-0.1, -0.05) is 45.9 Å². The molecule has 1 amide bonds. The van der Waals surface area contributed by atoms with Crippen LogP contribution in [0.2, 0.25) is 0 Å². The van der Waals surface area contributed by atoms with Gasteiger partial charge < -0.3 is 15.4 Å². The van der Waals surface area contributed by atoms with Crippen LogP contribution in [-0.2, 0) is 4.74 Å². The molecule has 6 nitrogen and oxygen atoms in total. The minimum atomic E-state index is -0.242. The third-order valence-electron chi connectivity index (χ3n) is 5.03. The number of carbonyl (C=O) groups is 1. The van der Waals surface area contributed by atoms with Gasteiger partial charge in [-0.05, 0) is 35.8 Å². The van der Waals surface area contributed by atoms with Crippen molar-refractivity contribution in [1.29, 1.82) is 0 Å². The van der Waals surface area contributed by atoms with Gasteiger partial charge in [-0.25, -0.2) is 9.97 Å². The molecule has 1 aromatic carbocycles. The molecule has 0 radical (unpaired) electrons. The topological polar surface area (TPSA) is 76.1 Å².